The van der Waals surface area contributed by atoms with Crippen molar-refractivity contribution in [2.75, 3.05) is 14.1 Å². The summed E-state index contributed by atoms with van der Waals surface area (Å²) in [7, 11) is 3.41. The molecule has 0 fully saturated rings. The van der Waals surface area contributed by atoms with Crippen molar-refractivity contribution in [1.82, 2.24) is 14.7 Å². The van der Waals surface area contributed by atoms with Gasteiger partial charge in [-0.05, 0) is 37.3 Å². The molecule has 0 unspecified atom stereocenters. The van der Waals surface area contributed by atoms with E-state index in [9.17, 15) is 9.18 Å². The van der Waals surface area contributed by atoms with Crippen LogP contribution >= 0.6 is 0 Å². The second-order valence-corrected chi connectivity index (χ2v) is 5.88. The van der Waals surface area contributed by atoms with E-state index < -0.39 is 0 Å². The van der Waals surface area contributed by atoms with Crippen LogP contribution < -0.4 is 0 Å². The molecule has 3 aromatic rings. The Morgan fingerprint density at radius 3 is 2.46 bits per heavy atom. The van der Waals surface area contributed by atoms with Crippen LogP contribution in [0, 0.1) is 12.7 Å². The van der Waals surface area contributed by atoms with Crippen molar-refractivity contribution in [3.05, 3.63) is 71.7 Å². The fourth-order valence-corrected chi connectivity index (χ4v) is 2.50. The van der Waals surface area contributed by atoms with Gasteiger partial charge < -0.3 is 4.90 Å². The van der Waals surface area contributed by atoms with E-state index in [4.69, 9.17) is 0 Å². The number of halogens is 1. The van der Waals surface area contributed by atoms with Crippen LogP contribution in [0.4, 0.5) is 4.39 Å². The van der Waals surface area contributed by atoms with E-state index in [2.05, 4.69) is 5.10 Å². The summed E-state index contributed by atoms with van der Waals surface area (Å²) in [5, 5.41) is 4.57. The van der Waals surface area contributed by atoms with Gasteiger partial charge in [0.1, 0.15) is 11.5 Å². The van der Waals surface area contributed by atoms with Gasteiger partial charge in [-0.25, -0.2) is 9.07 Å². The van der Waals surface area contributed by atoms with Crippen LogP contribution in [0.15, 0.2) is 54.7 Å². The quantitative estimate of drug-likeness (QED) is 0.737. The van der Waals surface area contributed by atoms with E-state index in [-0.39, 0.29) is 11.7 Å². The highest BCUT2D eigenvalue weighted by Gasteiger charge is 2.20. The minimum Gasteiger partial charge on any atom is -0.345 e. The predicted octanol–water partition coefficient (Wildman–Crippen LogP) is 3.69. The van der Waals surface area contributed by atoms with Crippen molar-refractivity contribution in [2.45, 2.75) is 6.92 Å². The van der Waals surface area contributed by atoms with Crippen LogP contribution in [-0.2, 0) is 0 Å². The van der Waals surface area contributed by atoms with Gasteiger partial charge >= 0.3 is 0 Å². The lowest BCUT2D eigenvalue weighted by molar-refractivity contribution is 0.0828. The largest absolute Gasteiger partial charge is 0.345 e. The highest BCUT2D eigenvalue weighted by atomic mass is 19.1. The zero-order valence-corrected chi connectivity index (χ0v) is 13.8. The van der Waals surface area contributed by atoms with Gasteiger partial charge in [-0.15, -0.1) is 0 Å². The van der Waals surface area contributed by atoms with Crippen molar-refractivity contribution in [3.8, 4) is 16.9 Å². The van der Waals surface area contributed by atoms with E-state index in [0.717, 1.165) is 11.1 Å². The first kappa shape index (κ1) is 15.9. The topological polar surface area (TPSA) is 38.1 Å². The number of carbonyl (C=O) groups is 1. The van der Waals surface area contributed by atoms with Gasteiger partial charge in [-0.2, -0.15) is 5.10 Å². The summed E-state index contributed by atoms with van der Waals surface area (Å²) < 4.78 is 14.7. The molecule has 0 atom stereocenters. The van der Waals surface area contributed by atoms with E-state index in [1.807, 2.05) is 31.2 Å². The fraction of sp³-hybridized carbons (Fsp3) is 0.158. The average Bonchev–Trinajstić information content (AvgIpc) is 3.00. The first-order valence-corrected chi connectivity index (χ1v) is 7.60. The van der Waals surface area contributed by atoms with Gasteiger partial charge in [-0.1, -0.05) is 23.8 Å². The zero-order chi connectivity index (χ0) is 17.3. The molecular formula is C19H18FN3O. The Bertz CT molecular complexity index is 882. The normalized spacial score (nSPS) is 10.7. The maximum Gasteiger partial charge on any atom is 0.257 e. The monoisotopic (exact) mass is 323 g/mol. The SMILES string of the molecule is Cc1cccc(-c2nn(-c3ccc(F)cc3)cc2C(=O)N(C)C)c1. The number of aryl methyl sites for hydroxylation is 1. The molecule has 0 spiro atoms. The molecule has 4 nitrogen and oxygen atoms in total. The number of rotatable bonds is 3. The van der Waals surface area contributed by atoms with Gasteiger partial charge in [0.15, 0.2) is 0 Å². The van der Waals surface area contributed by atoms with Crippen LogP contribution in [0.25, 0.3) is 16.9 Å². The van der Waals surface area contributed by atoms with E-state index in [1.54, 1.807) is 37.1 Å². The Labute approximate surface area is 140 Å². The number of nitrogens with zero attached hydrogens (tertiary/aromatic N) is 3. The number of benzene rings is 2. The molecule has 0 saturated heterocycles. The van der Waals surface area contributed by atoms with Crippen molar-refractivity contribution in [2.24, 2.45) is 0 Å². The minimum absolute atomic E-state index is 0.125. The van der Waals surface area contributed by atoms with Crippen molar-refractivity contribution < 1.29 is 9.18 Å². The molecule has 5 heteroatoms. The molecule has 0 aliphatic carbocycles. The lowest BCUT2D eigenvalue weighted by Gasteiger charge is -2.09. The first-order valence-electron chi connectivity index (χ1n) is 7.60. The molecule has 0 radical (unpaired) electrons. The highest BCUT2D eigenvalue weighted by molar-refractivity contribution is 5.99. The van der Waals surface area contributed by atoms with Crippen molar-refractivity contribution in [1.29, 1.82) is 0 Å². The van der Waals surface area contributed by atoms with Crippen LogP contribution in [0.3, 0.4) is 0 Å². The van der Waals surface area contributed by atoms with Gasteiger partial charge in [0.2, 0.25) is 0 Å². The molecule has 0 aliphatic rings. The molecule has 1 amide bonds. The Balaban J connectivity index is 2.15. The van der Waals surface area contributed by atoms with Crippen molar-refractivity contribution >= 4 is 5.91 Å². The molecule has 24 heavy (non-hydrogen) atoms. The third-order valence-electron chi connectivity index (χ3n) is 3.73. The van der Waals surface area contributed by atoms with Crippen LogP contribution in [0.2, 0.25) is 0 Å². The zero-order valence-electron chi connectivity index (χ0n) is 13.8. The Morgan fingerprint density at radius 2 is 1.83 bits per heavy atom. The Hall–Kier alpha value is -2.95. The molecule has 1 aromatic heterocycles. The van der Waals surface area contributed by atoms with E-state index in [0.29, 0.717) is 16.9 Å². The number of carbonyl (C=O) groups excluding carboxylic acids is 1. The molecule has 0 N–H and O–H groups in total. The van der Waals surface area contributed by atoms with E-state index >= 15 is 0 Å². The van der Waals surface area contributed by atoms with Gasteiger partial charge in [0, 0.05) is 25.9 Å². The minimum atomic E-state index is -0.311. The molecule has 122 valence electrons. The Kier molecular flexibility index (Phi) is 4.16. The average molecular weight is 323 g/mol. The van der Waals surface area contributed by atoms with Crippen LogP contribution in [-0.4, -0.2) is 34.7 Å². The second-order valence-electron chi connectivity index (χ2n) is 5.88. The summed E-state index contributed by atoms with van der Waals surface area (Å²) in [5.41, 5.74) is 3.79. The molecule has 0 saturated carbocycles. The first-order chi connectivity index (χ1) is 11.5. The standard InChI is InChI=1S/C19H18FN3O/c1-13-5-4-6-14(11-13)18-17(19(24)22(2)3)12-23(21-18)16-9-7-15(20)8-10-16/h4-12H,1-3H3. The summed E-state index contributed by atoms with van der Waals surface area (Å²) in [4.78, 5) is 14.1. The number of aromatic nitrogens is 2. The second kappa shape index (κ2) is 6.28. The summed E-state index contributed by atoms with van der Waals surface area (Å²) >= 11 is 0. The van der Waals surface area contributed by atoms with Crippen molar-refractivity contribution in [3.63, 3.8) is 0 Å². The summed E-state index contributed by atoms with van der Waals surface area (Å²) in [5.74, 6) is -0.436. The number of amides is 1. The third kappa shape index (κ3) is 3.06. The summed E-state index contributed by atoms with van der Waals surface area (Å²) in [6.45, 7) is 1.99. The number of hydrogen-bond acceptors (Lipinski definition) is 2. The lowest BCUT2D eigenvalue weighted by Crippen LogP contribution is -2.21. The molecule has 1 heterocycles. The van der Waals surface area contributed by atoms with E-state index in [1.165, 1.54) is 17.0 Å². The molecule has 2 aromatic carbocycles. The fourth-order valence-electron chi connectivity index (χ4n) is 2.50. The molecule has 0 aliphatic heterocycles. The molecular weight excluding hydrogens is 305 g/mol. The third-order valence-corrected chi connectivity index (χ3v) is 3.73. The summed E-state index contributed by atoms with van der Waals surface area (Å²) in [6, 6.07) is 13.9. The van der Waals surface area contributed by atoms with Crippen LogP contribution in [0.1, 0.15) is 15.9 Å². The van der Waals surface area contributed by atoms with Gasteiger partial charge in [0.05, 0.1) is 11.3 Å². The van der Waals surface area contributed by atoms with Gasteiger partial charge in [-0.3, -0.25) is 4.79 Å². The lowest BCUT2D eigenvalue weighted by atomic mass is 10.1. The maximum atomic E-state index is 13.1. The maximum absolute atomic E-state index is 13.1. The van der Waals surface area contributed by atoms with Gasteiger partial charge in [0.25, 0.3) is 5.91 Å². The predicted molar refractivity (Wildman–Crippen MR) is 91.7 cm³/mol. The smallest absolute Gasteiger partial charge is 0.257 e. The van der Waals surface area contributed by atoms with Crippen LogP contribution in [0.5, 0.6) is 0 Å². The summed E-state index contributed by atoms with van der Waals surface area (Å²) in [6.07, 6.45) is 1.69. The highest BCUT2D eigenvalue weighted by Crippen LogP contribution is 2.25. The number of hydrogen-bond donors (Lipinski definition) is 0. The molecule has 0 bridgehead atoms. The Morgan fingerprint density at radius 1 is 1.12 bits per heavy atom. The molecule has 3 rings (SSSR count).